The molecule has 1 aliphatic rings. The van der Waals surface area contributed by atoms with Gasteiger partial charge in [-0.3, -0.25) is 15.1 Å². The van der Waals surface area contributed by atoms with Crippen LogP contribution in [0.1, 0.15) is 47.5 Å². The Morgan fingerprint density at radius 3 is 2.42 bits per heavy atom. The number of nitrogens with zero attached hydrogens (tertiary/aromatic N) is 1. The SMILES string of the molecule is CC(C)(C)OC(=O)NC(CCCN1C(=N)NC(C)(C)C1=O)C(=O)O. The molecule has 1 saturated heterocycles. The minimum Gasteiger partial charge on any atom is -0.480 e. The van der Waals surface area contributed by atoms with Gasteiger partial charge < -0.3 is 20.5 Å². The lowest BCUT2D eigenvalue weighted by Crippen LogP contribution is -2.44. The number of carboxylic acids is 1. The first kappa shape index (κ1) is 19.7. The number of nitrogens with one attached hydrogen (secondary N) is 3. The molecule has 2 amide bonds. The van der Waals surface area contributed by atoms with Gasteiger partial charge in [0.15, 0.2) is 5.96 Å². The molecule has 0 radical (unpaired) electrons. The second-order valence-electron chi connectivity index (χ2n) is 7.23. The monoisotopic (exact) mass is 342 g/mol. The van der Waals surface area contributed by atoms with Gasteiger partial charge in [0.05, 0.1) is 0 Å². The number of alkyl carbamates (subject to hydrolysis) is 1. The molecule has 0 aromatic heterocycles. The van der Waals surface area contributed by atoms with E-state index in [1.54, 1.807) is 34.6 Å². The highest BCUT2D eigenvalue weighted by Crippen LogP contribution is 2.17. The number of aliphatic carboxylic acids is 1. The van der Waals surface area contributed by atoms with Gasteiger partial charge in [-0.25, -0.2) is 9.59 Å². The van der Waals surface area contributed by atoms with Crippen LogP contribution in [0.15, 0.2) is 0 Å². The van der Waals surface area contributed by atoms with Crippen LogP contribution in [0.25, 0.3) is 0 Å². The molecule has 1 rings (SSSR count). The van der Waals surface area contributed by atoms with Crippen molar-refractivity contribution in [1.82, 2.24) is 15.5 Å². The molecule has 0 aromatic rings. The van der Waals surface area contributed by atoms with Gasteiger partial charge in [0.2, 0.25) is 0 Å². The van der Waals surface area contributed by atoms with Crippen molar-refractivity contribution in [3.8, 4) is 0 Å². The van der Waals surface area contributed by atoms with Crippen LogP contribution < -0.4 is 10.6 Å². The van der Waals surface area contributed by atoms with Crippen molar-refractivity contribution in [2.24, 2.45) is 0 Å². The summed E-state index contributed by atoms with van der Waals surface area (Å²) in [4.78, 5) is 36.3. The number of carbonyl (C=O) groups is 3. The van der Waals surface area contributed by atoms with Gasteiger partial charge in [0.25, 0.3) is 5.91 Å². The highest BCUT2D eigenvalue weighted by atomic mass is 16.6. The molecule has 136 valence electrons. The molecule has 0 saturated carbocycles. The normalized spacial score (nSPS) is 18.1. The van der Waals surface area contributed by atoms with Crippen LogP contribution in [-0.2, 0) is 14.3 Å². The molecule has 9 heteroatoms. The maximum absolute atomic E-state index is 12.1. The van der Waals surface area contributed by atoms with Crippen molar-refractivity contribution in [3.05, 3.63) is 0 Å². The molecular formula is C15H26N4O5. The van der Waals surface area contributed by atoms with Crippen molar-refractivity contribution in [2.45, 2.75) is 64.6 Å². The van der Waals surface area contributed by atoms with Crippen molar-refractivity contribution in [3.63, 3.8) is 0 Å². The number of rotatable bonds is 6. The van der Waals surface area contributed by atoms with E-state index in [0.717, 1.165) is 0 Å². The number of amides is 2. The molecule has 1 unspecified atom stereocenters. The lowest BCUT2D eigenvalue weighted by Gasteiger charge is -2.22. The molecule has 24 heavy (non-hydrogen) atoms. The van der Waals surface area contributed by atoms with E-state index in [9.17, 15) is 19.5 Å². The van der Waals surface area contributed by atoms with Crippen LogP contribution in [0.5, 0.6) is 0 Å². The van der Waals surface area contributed by atoms with E-state index < -0.39 is 29.2 Å². The third-order valence-corrected chi connectivity index (χ3v) is 3.34. The summed E-state index contributed by atoms with van der Waals surface area (Å²) < 4.78 is 5.04. The number of carbonyl (C=O) groups excluding carboxylic acids is 2. The van der Waals surface area contributed by atoms with E-state index in [1.807, 2.05) is 0 Å². The number of carboxylic acid groups (broad SMARTS) is 1. The summed E-state index contributed by atoms with van der Waals surface area (Å²) in [5.74, 6) is -1.42. The first-order chi connectivity index (χ1) is 10.8. The van der Waals surface area contributed by atoms with Crippen molar-refractivity contribution in [1.29, 1.82) is 5.41 Å². The molecule has 1 fully saturated rings. The van der Waals surface area contributed by atoms with E-state index in [-0.39, 0.29) is 24.8 Å². The quantitative estimate of drug-likeness (QED) is 0.567. The van der Waals surface area contributed by atoms with E-state index in [1.165, 1.54) is 4.90 Å². The van der Waals surface area contributed by atoms with Crippen LogP contribution in [-0.4, -0.2) is 57.7 Å². The van der Waals surface area contributed by atoms with Gasteiger partial charge in [-0.15, -0.1) is 0 Å². The van der Waals surface area contributed by atoms with Crippen molar-refractivity contribution >= 4 is 23.9 Å². The highest BCUT2D eigenvalue weighted by Gasteiger charge is 2.41. The molecule has 0 bridgehead atoms. The fourth-order valence-electron chi connectivity index (χ4n) is 2.23. The number of hydrogen-bond acceptors (Lipinski definition) is 5. The van der Waals surface area contributed by atoms with E-state index in [2.05, 4.69) is 10.6 Å². The predicted octanol–water partition coefficient (Wildman–Crippen LogP) is 0.890. The van der Waals surface area contributed by atoms with E-state index in [0.29, 0.717) is 6.42 Å². The maximum atomic E-state index is 12.1. The van der Waals surface area contributed by atoms with E-state index in [4.69, 9.17) is 10.1 Å². The summed E-state index contributed by atoms with van der Waals surface area (Å²) >= 11 is 0. The summed E-state index contributed by atoms with van der Waals surface area (Å²) in [6.07, 6.45) is -0.368. The van der Waals surface area contributed by atoms with Crippen molar-refractivity contribution in [2.75, 3.05) is 6.54 Å². The van der Waals surface area contributed by atoms with Gasteiger partial charge >= 0.3 is 12.1 Å². The molecule has 0 aliphatic carbocycles. The van der Waals surface area contributed by atoms with Crippen LogP contribution >= 0.6 is 0 Å². The lowest BCUT2D eigenvalue weighted by atomic mass is 10.1. The second kappa shape index (κ2) is 7.06. The third kappa shape index (κ3) is 5.39. The lowest BCUT2D eigenvalue weighted by molar-refractivity contribution is -0.139. The van der Waals surface area contributed by atoms with Gasteiger partial charge in [-0.05, 0) is 47.5 Å². The maximum Gasteiger partial charge on any atom is 0.408 e. The first-order valence-electron chi connectivity index (χ1n) is 7.74. The molecule has 1 aliphatic heterocycles. The Morgan fingerprint density at radius 2 is 2.00 bits per heavy atom. The molecule has 4 N–H and O–H groups in total. The highest BCUT2D eigenvalue weighted by molar-refractivity contribution is 6.07. The van der Waals surface area contributed by atoms with Gasteiger partial charge in [-0.2, -0.15) is 0 Å². The standard InChI is InChI=1S/C15H26N4O5/c1-14(2,3)24-13(23)17-9(10(20)21)7-6-8-19-11(22)15(4,5)18-12(19)16/h9H,6-8H2,1-5H3,(H2,16,18)(H,17,23)(H,20,21). The Kier molecular flexibility index (Phi) is 5.80. The molecular weight excluding hydrogens is 316 g/mol. The first-order valence-corrected chi connectivity index (χ1v) is 7.74. The van der Waals surface area contributed by atoms with Crippen LogP contribution in [0.3, 0.4) is 0 Å². The summed E-state index contributed by atoms with van der Waals surface area (Å²) in [7, 11) is 0. The largest absolute Gasteiger partial charge is 0.480 e. The average molecular weight is 342 g/mol. The third-order valence-electron chi connectivity index (χ3n) is 3.34. The Bertz CT molecular complexity index is 538. The Hall–Kier alpha value is -2.32. The zero-order valence-corrected chi connectivity index (χ0v) is 14.7. The Balaban J connectivity index is 2.53. The van der Waals surface area contributed by atoms with Gasteiger partial charge in [0, 0.05) is 6.54 Å². The topological polar surface area (TPSA) is 132 Å². The molecule has 1 heterocycles. The summed E-state index contributed by atoms with van der Waals surface area (Å²) in [5.41, 5.74) is -1.56. The summed E-state index contributed by atoms with van der Waals surface area (Å²) in [6.45, 7) is 8.60. The van der Waals surface area contributed by atoms with Crippen LogP contribution in [0.4, 0.5) is 4.79 Å². The second-order valence-corrected chi connectivity index (χ2v) is 7.23. The molecule has 0 spiro atoms. The average Bonchev–Trinajstić information content (AvgIpc) is 2.56. The minimum atomic E-state index is -1.18. The van der Waals surface area contributed by atoms with Crippen LogP contribution in [0, 0.1) is 5.41 Å². The van der Waals surface area contributed by atoms with Crippen LogP contribution in [0.2, 0.25) is 0 Å². The van der Waals surface area contributed by atoms with Gasteiger partial charge in [-0.1, -0.05) is 0 Å². The fourth-order valence-corrected chi connectivity index (χ4v) is 2.23. The zero-order valence-electron chi connectivity index (χ0n) is 14.7. The minimum absolute atomic E-state index is 0.00280. The van der Waals surface area contributed by atoms with Gasteiger partial charge in [0.1, 0.15) is 17.2 Å². The molecule has 1 atom stereocenters. The number of ether oxygens (including phenoxy) is 1. The molecule has 9 nitrogen and oxygen atoms in total. The summed E-state index contributed by atoms with van der Waals surface area (Å²) in [5, 5.41) is 22.0. The zero-order chi connectivity index (χ0) is 18.7. The Labute approximate surface area is 141 Å². The number of hydrogen-bond donors (Lipinski definition) is 4. The number of guanidine groups is 1. The Morgan fingerprint density at radius 1 is 1.42 bits per heavy atom. The fraction of sp³-hybridized carbons (Fsp3) is 0.733. The van der Waals surface area contributed by atoms with Crippen molar-refractivity contribution < 1.29 is 24.2 Å². The smallest absolute Gasteiger partial charge is 0.408 e. The summed E-state index contributed by atoms with van der Waals surface area (Å²) in [6, 6.07) is -1.12. The predicted molar refractivity (Wildman–Crippen MR) is 86.7 cm³/mol. The van der Waals surface area contributed by atoms with E-state index >= 15 is 0 Å². The molecule has 0 aromatic carbocycles.